The van der Waals surface area contributed by atoms with Crippen molar-refractivity contribution in [2.75, 3.05) is 11.9 Å². The van der Waals surface area contributed by atoms with E-state index in [9.17, 15) is 9.18 Å². The van der Waals surface area contributed by atoms with Gasteiger partial charge in [-0.2, -0.15) is 0 Å². The van der Waals surface area contributed by atoms with Crippen LogP contribution < -0.4 is 11.1 Å². The molecule has 0 fully saturated rings. The van der Waals surface area contributed by atoms with Crippen LogP contribution in [0.25, 0.3) is 0 Å². The van der Waals surface area contributed by atoms with Gasteiger partial charge >= 0.3 is 0 Å². The molecule has 1 rings (SSSR count). The summed E-state index contributed by atoms with van der Waals surface area (Å²) in [7, 11) is 0. The third kappa shape index (κ3) is 5.39. The van der Waals surface area contributed by atoms with E-state index in [1.54, 1.807) is 6.07 Å². The van der Waals surface area contributed by atoms with Crippen molar-refractivity contribution in [3.05, 3.63) is 29.6 Å². The first-order chi connectivity index (χ1) is 9.06. The van der Waals surface area contributed by atoms with Gasteiger partial charge in [0.1, 0.15) is 5.82 Å². The summed E-state index contributed by atoms with van der Waals surface area (Å²) in [6.45, 7) is 4.61. The number of carbonyl (C=O) groups excluding carboxylic acids is 1. The van der Waals surface area contributed by atoms with Gasteiger partial charge in [-0.1, -0.05) is 19.4 Å². The molecule has 3 N–H and O–H groups in total. The average Bonchev–Trinajstić information content (AvgIpc) is 2.39. The average molecular weight is 266 g/mol. The monoisotopic (exact) mass is 266 g/mol. The number of hydrogen-bond acceptors (Lipinski definition) is 2. The molecule has 1 amide bonds. The van der Waals surface area contributed by atoms with Crippen LogP contribution in [0.5, 0.6) is 0 Å². The van der Waals surface area contributed by atoms with Crippen molar-refractivity contribution in [2.45, 2.75) is 39.5 Å². The highest BCUT2D eigenvalue weighted by atomic mass is 19.1. The summed E-state index contributed by atoms with van der Waals surface area (Å²) < 4.78 is 13.1. The molecule has 3 nitrogen and oxygen atoms in total. The number of carbonyl (C=O) groups is 1. The van der Waals surface area contributed by atoms with E-state index < -0.39 is 0 Å². The van der Waals surface area contributed by atoms with Gasteiger partial charge in [0.15, 0.2) is 0 Å². The molecular weight excluding hydrogens is 243 g/mol. The van der Waals surface area contributed by atoms with Crippen molar-refractivity contribution in [3.63, 3.8) is 0 Å². The Bertz CT molecular complexity index is 421. The van der Waals surface area contributed by atoms with Crippen molar-refractivity contribution >= 4 is 11.6 Å². The zero-order valence-corrected chi connectivity index (χ0v) is 11.7. The summed E-state index contributed by atoms with van der Waals surface area (Å²) >= 11 is 0. The fourth-order valence-corrected chi connectivity index (χ4v) is 2.07. The normalized spacial score (nSPS) is 12.2. The van der Waals surface area contributed by atoms with E-state index in [0.29, 0.717) is 24.6 Å². The second kappa shape index (κ2) is 7.89. The van der Waals surface area contributed by atoms with E-state index in [4.69, 9.17) is 5.73 Å². The minimum atomic E-state index is -0.338. The largest absolute Gasteiger partial charge is 0.330 e. The Kier molecular flexibility index (Phi) is 6.50. The van der Waals surface area contributed by atoms with Gasteiger partial charge < -0.3 is 11.1 Å². The quantitative estimate of drug-likeness (QED) is 0.796. The summed E-state index contributed by atoms with van der Waals surface area (Å²) in [5.74, 6) is 0.0870. The predicted octanol–water partition coefficient (Wildman–Crippen LogP) is 3.23. The zero-order valence-electron chi connectivity index (χ0n) is 11.7. The number of halogens is 1. The Labute approximate surface area is 114 Å². The Morgan fingerprint density at radius 1 is 1.42 bits per heavy atom. The predicted molar refractivity (Wildman–Crippen MR) is 76.5 cm³/mol. The molecule has 1 atom stereocenters. The van der Waals surface area contributed by atoms with Crippen LogP contribution in [0.3, 0.4) is 0 Å². The van der Waals surface area contributed by atoms with Crippen LogP contribution in [0.2, 0.25) is 0 Å². The number of aryl methyl sites for hydroxylation is 1. The van der Waals surface area contributed by atoms with Gasteiger partial charge in [-0.15, -0.1) is 0 Å². The summed E-state index contributed by atoms with van der Waals surface area (Å²) in [4.78, 5) is 11.8. The van der Waals surface area contributed by atoms with Crippen molar-refractivity contribution < 1.29 is 9.18 Å². The maximum atomic E-state index is 13.1. The van der Waals surface area contributed by atoms with Gasteiger partial charge in [0.05, 0.1) is 0 Å². The first-order valence-corrected chi connectivity index (χ1v) is 6.82. The maximum absolute atomic E-state index is 13.1. The lowest BCUT2D eigenvalue weighted by Gasteiger charge is -2.13. The number of rotatable bonds is 7. The van der Waals surface area contributed by atoms with E-state index >= 15 is 0 Å². The maximum Gasteiger partial charge on any atom is 0.224 e. The van der Waals surface area contributed by atoms with Gasteiger partial charge in [0.25, 0.3) is 0 Å². The number of amides is 1. The molecule has 0 aliphatic heterocycles. The summed E-state index contributed by atoms with van der Waals surface area (Å²) in [6.07, 6.45) is 3.26. The highest BCUT2D eigenvalue weighted by Crippen LogP contribution is 2.18. The summed E-state index contributed by atoms with van der Waals surface area (Å²) in [6, 6.07) is 4.40. The van der Waals surface area contributed by atoms with E-state index in [1.165, 1.54) is 12.1 Å². The van der Waals surface area contributed by atoms with Crippen LogP contribution in [0, 0.1) is 18.7 Å². The number of benzene rings is 1. The van der Waals surface area contributed by atoms with E-state index in [0.717, 1.165) is 24.8 Å². The third-order valence-electron chi connectivity index (χ3n) is 3.41. The first kappa shape index (κ1) is 15.6. The topological polar surface area (TPSA) is 55.1 Å². The van der Waals surface area contributed by atoms with Crippen LogP contribution in [-0.4, -0.2) is 12.5 Å². The molecule has 0 saturated carbocycles. The van der Waals surface area contributed by atoms with Gasteiger partial charge in [0, 0.05) is 12.1 Å². The van der Waals surface area contributed by atoms with Gasteiger partial charge in [-0.05, 0) is 49.9 Å². The van der Waals surface area contributed by atoms with Crippen LogP contribution in [0.15, 0.2) is 18.2 Å². The Hall–Kier alpha value is -1.42. The standard InChI is InChI=1S/C15H23FN2O/c1-3-12(8-9-17)5-7-15(19)18-14-10-13(16)6-4-11(14)2/h4,6,10,12H,3,5,7-9,17H2,1-2H3,(H,18,19). The summed E-state index contributed by atoms with van der Waals surface area (Å²) in [5, 5.41) is 2.76. The second-order valence-corrected chi connectivity index (χ2v) is 4.90. The number of anilines is 1. The minimum Gasteiger partial charge on any atom is -0.330 e. The smallest absolute Gasteiger partial charge is 0.224 e. The fourth-order valence-electron chi connectivity index (χ4n) is 2.07. The molecule has 0 aliphatic rings. The van der Waals surface area contributed by atoms with Crippen LogP contribution in [0.4, 0.5) is 10.1 Å². The van der Waals surface area contributed by atoms with Crippen molar-refractivity contribution in [2.24, 2.45) is 11.7 Å². The Morgan fingerprint density at radius 3 is 2.79 bits per heavy atom. The highest BCUT2D eigenvalue weighted by Gasteiger charge is 2.10. The molecule has 1 aromatic carbocycles. The number of hydrogen-bond donors (Lipinski definition) is 2. The minimum absolute atomic E-state index is 0.0656. The van der Waals surface area contributed by atoms with E-state index in [2.05, 4.69) is 12.2 Å². The number of nitrogens with two attached hydrogens (primary N) is 1. The van der Waals surface area contributed by atoms with Crippen molar-refractivity contribution in [1.29, 1.82) is 0 Å². The summed E-state index contributed by atoms with van der Waals surface area (Å²) in [5.41, 5.74) is 6.95. The highest BCUT2D eigenvalue weighted by molar-refractivity contribution is 5.91. The molecule has 0 saturated heterocycles. The molecular formula is C15H23FN2O. The molecule has 19 heavy (non-hydrogen) atoms. The van der Waals surface area contributed by atoms with E-state index in [1.807, 2.05) is 6.92 Å². The fraction of sp³-hybridized carbons (Fsp3) is 0.533. The first-order valence-electron chi connectivity index (χ1n) is 6.82. The molecule has 0 aromatic heterocycles. The molecule has 0 spiro atoms. The van der Waals surface area contributed by atoms with E-state index in [-0.39, 0.29) is 11.7 Å². The molecule has 1 unspecified atom stereocenters. The second-order valence-electron chi connectivity index (χ2n) is 4.90. The molecule has 106 valence electrons. The van der Waals surface area contributed by atoms with Gasteiger partial charge in [0.2, 0.25) is 5.91 Å². The van der Waals surface area contributed by atoms with Gasteiger partial charge in [-0.3, -0.25) is 4.79 Å². The van der Waals surface area contributed by atoms with Crippen LogP contribution in [-0.2, 0) is 4.79 Å². The lowest BCUT2D eigenvalue weighted by Crippen LogP contribution is -2.15. The molecule has 1 aromatic rings. The number of nitrogens with one attached hydrogen (secondary N) is 1. The molecule has 0 aliphatic carbocycles. The molecule has 0 bridgehead atoms. The van der Waals surface area contributed by atoms with Crippen LogP contribution >= 0.6 is 0 Å². The zero-order chi connectivity index (χ0) is 14.3. The lowest BCUT2D eigenvalue weighted by molar-refractivity contribution is -0.116. The van der Waals surface area contributed by atoms with Gasteiger partial charge in [-0.25, -0.2) is 4.39 Å². The Morgan fingerprint density at radius 2 is 2.16 bits per heavy atom. The lowest BCUT2D eigenvalue weighted by atomic mass is 9.96. The van der Waals surface area contributed by atoms with Crippen LogP contribution in [0.1, 0.15) is 38.2 Å². The molecule has 4 heteroatoms. The SMILES string of the molecule is CCC(CCN)CCC(=O)Nc1cc(F)ccc1C. The molecule has 0 radical (unpaired) electrons. The third-order valence-corrected chi connectivity index (χ3v) is 3.41. The molecule has 0 heterocycles. The van der Waals surface area contributed by atoms with Crippen molar-refractivity contribution in [3.8, 4) is 0 Å². The Balaban J connectivity index is 2.48. The van der Waals surface area contributed by atoms with Crippen molar-refractivity contribution in [1.82, 2.24) is 0 Å².